The predicted molar refractivity (Wildman–Crippen MR) is 97.9 cm³/mol. The van der Waals surface area contributed by atoms with Gasteiger partial charge in [-0.15, -0.1) is 10.2 Å². The fraction of sp³-hybridized carbons (Fsp3) is 0.706. The SMILES string of the molecule is CCCCC(CN(O)C=O)C(=O)N1CC2(CC2)CC1C(=O)Nc1nncs1. The maximum absolute atomic E-state index is 13.2. The summed E-state index contributed by atoms with van der Waals surface area (Å²) >= 11 is 1.23. The highest BCUT2D eigenvalue weighted by atomic mass is 32.1. The van der Waals surface area contributed by atoms with Crippen molar-refractivity contribution < 1.29 is 19.6 Å². The lowest BCUT2D eigenvalue weighted by molar-refractivity contribution is -0.157. The van der Waals surface area contributed by atoms with Crippen molar-refractivity contribution in [3.63, 3.8) is 0 Å². The topological polar surface area (TPSA) is 116 Å². The Balaban J connectivity index is 1.74. The number of aromatic nitrogens is 2. The molecule has 1 saturated heterocycles. The fourth-order valence-electron chi connectivity index (χ4n) is 3.72. The minimum Gasteiger partial charge on any atom is -0.330 e. The highest BCUT2D eigenvalue weighted by Gasteiger charge is 2.55. The average Bonchev–Trinajstić information content (AvgIpc) is 3.05. The Kier molecular flexibility index (Phi) is 6.05. The molecule has 2 heterocycles. The van der Waals surface area contributed by atoms with Gasteiger partial charge >= 0.3 is 0 Å². The van der Waals surface area contributed by atoms with E-state index < -0.39 is 12.0 Å². The van der Waals surface area contributed by atoms with Crippen LogP contribution < -0.4 is 5.32 Å². The van der Waals surface area contributed by atoms with Gasteiger partial charge in [-0.05, 0) is 31.1 Å². The fourth-order valence-corrected chi connectivity index (χ4v) is 4.17. The number of nitrogens with one attached hydrogen (secondary N) is 1. The minimum atomic E-state index is -0.559. The van der Waals surface area contributed by atoms with E-state index in [0.717, 1.165) is 25.7 Å². The standard InChI is InChI=1S/C17H25N5O4S/c1-2-3-4-12(8-21(26)11-23)15(25)22-9-17(5-6-17)7-13(22)14(24)19-16-20-18-10-27-16/h10-13,26H,2-9H2,1H3,(H,19,20,24). The lowest BCUT2D eigenvalue weighted by Crippen LogP contribution is -2.47. The van der Waals surface area contributed by atoms with Crippen molar-refractivity contribution in [2.75, 3.05) is 18.4 Å². The second-order valence-electron chi connectivity index (χ2n) is 7.49. The number of amides is 3. The number of hydrogen-bond acceptors (Lipinski definition) is 7. The molecule has 9 nitrogen and oxygen atoms in total. The molecule has 2 N–H and O–H groups in total. The zero-order chi connectivity index (χ0) is 19.4. The predicted octanol–water partition coefficient (Wildman–Crippen LogP) is 1.51. The van der Waals surface area contributed by atoms with Crippen LogP contribution in [0.5, 0.6) is 0 Å². The van der Waals surface area contributed by atoms with E-state index in [1.165, 1.54) is 16.8 Å². The molecule has 0 bridgehead atoms. The zero-order valence-corrected chi connectivity index (χ0v) is 16.2. The monoisotopic (exact) mass is 395 g/mol. The van der Waals surface area contributed by atoms with Crippen molar-refractivity contribution in [1.29, 1.82) is 0 Å². The number of hydrogen-bond donors (Lipinski definition) is 2. The van der Waals surface area contributed by atoms with Gasteiger partial charge in [0.15, 0.2) is 0 Å². The molecular formula is C17H25N5O4S. The first-order valence-electron chi connectivity index (χ1n) is 9.26. The maximum Gasteiger partial charge on any atom is 0.249 e. The van der Waals surface area contributed by atoms with E-state index in [2.05, 4.69) is 15.5 Å². The molecule has 3 rings (SSSR count). The van der Waals surface area contributed by atoms with Crippen LogP contribution >= 0.6 is 11.3 Å². The van der Waals surface area contributed by atoms with E-state index in [1.54, 1.807) is 4.90 Å². The Bertz CT molecular complexity index is 679. The summed E-state index contributed by atoms with van der Waals surface area (Å²) in [6.07, 6.45) is 5.25. The lowest BCUT2D eigenvalue weighted by atomic mass is 9.99. The molecule has 1 saturated carbocycles. The molecule has 1 aliphatic heterocycles. The van der Waals surface area contributed by atoms with Crippen molar-refractivity contribution in [3.05, 3.63) is 5.51 Å². The molecule has 2 aliphatic rings. The van der Waals surface area contributed by atoms with Crippen molar-refractivity contribution in [1.82, 2.24) is 20.2 Å². The number of rotatable bonds is 9. The summed E-state index contributed by atoms with van der Waals surface area (Å²) in [6, 6.07) is -0.559. The minimum absolute atomic E-state index is 0.0393. The van der Waals surface area contributed by atoms with Gasteiger partial charge in [-0.2, -0.15) is 0 Å². The van der Waals surface area contributed by atoms with Crippen molar-refractivity contribution in [2.45, 2.75) is 51.5 Å². The van der Waals surface area contributed by atoms with Crippen molar-refractivity contribution in [3.8, 4) is 0 Å². The smallest absolute Gasteiger partial charge is 0.249 e. The summed E-state index contributed by atoms with van der Waals surface area (Å²) in [4.78, 5) is 38.4. The third-order valence-electron chi connectivity index (χ3n) is 5.43. The number of anilines is 1. The molecule has 0 radical (unpaired) electrons. The Morgan fingerprint density at radius 1 is 1.56 bits per heavy atom. The van der Waals surface area contributed by atoms with Crippen LogP contribution in [0.1, 0.15) is 45.4 Å². The number of likely N-dealkylation sites (tertiary alicyclic amines) is 1. The van der Waals surface area contributed by atoms with Gasteiger partial charge in [0.25, 0.3) is 0 Å². The highest BCUT2D eigenvalue weighted by molar-refractivity contribution is 7.13. The molecule has 27 heavy (non-hydrogen) atoms. The summed E-state index contributed by atoms with van der Waals surface area (Å²) in [6.45, 7) is 2.51. The Labute approximate surface area is 161 Å². The van der Waals surface area contributed by atoms with Gasteiger partial charge in [-0.25, -0.2) is 5.06 Å². The second kappa shape index (κ2) is 8.30. The quantitative estimate of drug-likeness (QED) is 0.372. The average molecular weight is 395 g/mol. The molecule has 1 spiro atoms. The number of carbonyl (C=O) groups excluding carboxylic acids is 3. The summed E-state index contributed by atoms with van der Waals surface area (Å²) in [5.74, 6) is -0.953. The van der Waals surface area contributed by atoms with Gasteiger partial charge in [0.2, 0.25) is 23.4 Å². The van der Waals surface area contributed by atoms with E-state index in [-0.39, 0.29) is 23.8 Å². The molecule has 1 aliphatic carbocycles. The molecule has 10 heteroatoms. The van der Waals surface area contributed by atoms with Crippen LogP contribution in [0.25, 0.3) is 0 Å². The molecule has 3 amide bonds. The molecule has 2 unspecified atom stereocenters. The zero-order valence-electron chi connectivity index (χ0n) is 15.3. The van der Waals surface area contributed by atoms with Crippen LogP contribution in [0.15, 0.2) is 5.51 Å². The van der Waals surface area contributed by atoms with Gasteiger partial charge in [0.1, 0.15) is 11.6 Å². The van der Waals surface area contributed by atoms with Crippen molar-refractivity contribution >= 4 is 34.7 Å². The first-order valence-corrected chi connectivity index (χ1v) is 10.1. The first kappa shape index (κ1) is 19.7. The largest absolute Gasteiger partial charge is 0.330 e. The van der Waals surface area contributed by atoms with E-state index in [4.69, 9.17) is 0 Å². The number of nitrogens with zero attached hydrogens (tertiary/aromatic N) is 4. The van der Waals surface area contributed by atoms with Crippen LogP contribution in [0.2, 0.25) is 0 Å². The highest BCUT2D eigenvalue weighted by Crippen LogP contribution is 2.55. The van der Waals surface area contributed by atoms with E-state index >= 15 is 0 Å². The Hall–Kier alpha value is -2.07. The molecule has 1 aromatic rings. The van der Waals surface area contributed by atoms with Crippen LogP contribution in [0.4, 0.5) is 5.13 Å². The van der Waals surface area contributed by atoms with E-state index in [0.29, 0.717) is 36.0 Å². The second-order valence-corrected chi connectivity index (χ2v) is 8.32. The Morgan fingerprint density at radius 2 is 2.33 bits per heavy atom. The summed E-state index contributed by atoms with van der Waals surface area (Å²) in [7, 11) is 0. The lowest BCUT2D eigenvalue weighted by Gasteiger charge is -2.29. The van der Waals surface area contributed by atoms with Crippen LogP contribution in [-0.4, -0.2) is 62.7 Å². The first-order chi connectivity index (χ1) is 13.0. The summed E-state index contributed by atoms with van der Waals surface area (Å²) in [5, 5.41) is 20.8. The molecule has 1 aromatic heterocycles. The number of unbranched alkanes of at least 4 members (excludes halogenated alkanes) is 1. The number of hydroxylamine groups is 2. The van der Waals surface area contributed by atoms with Crippen LogP contribution in [0.3, 0.4) is 0 Å². The van der Waals surface area contributed by atoms with Crippen LogP contribution in [-0.2, 0) is 14.4 Å². The third kappa shape index (κ3) is 4.62. The van der Waals surface area contributed by atoms with Gasteiger partial charge in [-0.1, -0.05) is 31.1 Å². The maximum atomic E-state index is 13.2. The van der Waals surface area contributed by atoms with E-state index in [9.17, 15) is 19.6 Å². The van der Waals surface area contributed by atoms with Crippen molar-refractivity contribution in [2.24, 2.45) is 11.3 Å². The van der Waals surface area contributed by atoms with E-state index in [1.807, 2.05) is 6.92 Å². The Morgan fingerprint density at radius 3 is 2.93 bits per heavy atom. The summed E-state index contributed by atoms with van der Waals surface area (Å²) in [5.41, 5.74) is 1.57. The van der Waals surface area contributed by atoms with Gasteiger partial charge in [-0.3, -0.25) is 24.9 Å². The third-order valence-corrected chi connectivity index (χ3v) is 6.03. The van der Waals surface area contributed by atoms with Gasteiger partial charge in [0.05, 0.1) is 12.5 Å². The molecule has 148 valence electrons. The molecule has 2 atom stereocenters. The summed E-state index contributed by atoms with van der Waals surface area (Å²) < 4.78 is 0. The van der Waals surface area contributed by atoms with Gasteiger partial charge < -0.3 is 4.90 Å². The van der Waals surface area contributed by atoms with Gasteiger partial charge in [0, 0.05) is 6.54 Å². The number of carbonyl (C=O) groups is 3. The molecule has 0 aromatic carbocycles. The normalized spacial score (nSPS) is 21.1. The molecule has 2 fully saturated rings. The molecular weight excluding hydrogens is 370 g/mol. The van der Waals surface area contributed by atoms with Crippen LogP contribution in [0, 0.1) is 11.3 Å².